The molecule has 0 aliphatic heterocycles. The van der Waals surface area contributed by atoms with Gasteiger partial charge in [-0.2, -0.15) is 0 Å². The number of carboxylic acids is 1. The molecule has 1 N–H and O–H groups in total. The summed E-state index contributed by atoms with van der Waals surface area (Å²) in [4.78, 5) is 10.7. The molecule has 1 aliphatic rings. The number of carboxylic acid groups (broad SMARTS) is 1. The van der Waals surface area contributed by atoms with Crippen LogP contribution in [-0.4, -0.2) is 11.1 Å². The van der Waals surface area contributed by atoms with Gasteiger partial charge in [-0.05, 0) is 24.1 Å². The third-order valence-electron chi connectivity index (χ3n) is 2.58. The Morgan fingerprint density at radius 1 is 1.50 bits per heavy atom. The largest absolute Gasteiger partial charge is 0.479 e. The molecule has 0 spiro atoms. The molecule has 4 heteroatoms. The fraction of sp³-hybridized carbons (Fsp3) is 0.300. The van der Waals surface area contributed by atoms with Crippen molar-refractivity contribution in [3.05, 3.63) is 35.1 Å². The molecule has 14 heavy (non-hydrogen) atoms. The first-order chi connectivity index (χ1) is 6.54. The zero-order chi connectivity index (χ0) is 10.3. The highest BCUT2D eigenvalue weighted by Gasteiger charge is 2.46. The zero-order valence-electron chi connectivity index (χ0n) is 7.26. The topological polar surface area (TPSA) is 37.3 Å². The summed E-state index contributed by atoms with van der Waals surface area (Å²) in [6, 6.07) is 3.62. The number of alkyl halides is 1. The quantitative estimate of drug-likeness (QED) is 0.749. The van der Waals surface area contributed by atoms with Crippen LogP contribution in [0, 0.1) is 5.82 Å². The molecule has 74 valence electrons. The average molecular weight is 198 g/mol. The maximum Gasteiger partial charge on any atom is 0.346 e. The number of hydrogen-bond acceptors (Lipinski definition) is 1. The van der Waals surface area contributed by atoms with E-state index < -0.39 is 17.5 Å². The molecule has 2 nitrogen and oxygen atoms in total. The summed E-state index contributed by atoms with van der Waals surface area (Å²) in [6.07, 6.45) is 0.236. The van der Waals surface area contributed by atoms with Gasteiger partial charge in [0, 0.05) is 12.0 Å². The van der Waals surface area contributed by atoms with E-state index in [4.69, 9.17) is 5.11 Å². The Hall–Kier alpha value is -1.45. The maximum absolute atomic E-state index is 13.8. The first-order valence-electron chi connectivity index (χ1n) is 4.25. The van der Waals surface area contributed by atoms with E-state index in [1.54, 1.807) is 0 Å². The van der Waals surface area contributed by atoms with E-state index in [1.807, 2.05) is 0 Å². The van der Waals surface area contributed by atoms with Gasteiger partial charge < -0.3 is 5.11 Å². The van der Waals surface area contributed by atoms with Crippen molar-refractivity contribution < 1.29 is 18.7 Å². The zero-order valence-corrected chi connectivity index (χ0v) is 7.26. The molecule has 0 fully saturated rings. The van der Waals surface area contributed by atoms with Gasteiger partial charge in [0.15, 0.2) is 0 Å². The third kappa shape index (κ3) is 1.10. The van der Waals surface area contributed by atoms with Crippen LogP contribution in [0.25, 0.3) is 0 Å². The van der Waals surface area contributed by atoms with Crippen molar-refractivity contribution in [3.8, 4) is 0 Å². The van der Waals surface area contributed by atoms with Crippen molar-refractivity contribution >= 4 is 5.97 Å². The number of rotatable bonds is 1. The summed E-state index contributed by atoms with van der Waals surface area (Å²) in [5.74, 6) is -2.14. The van der Waals surface area contributed by atoms with Crippen molar-refractivity contribution in [1.82, 2.24) is 0 Å². The molecule has 0 heterocycles. The highest BCUT2D eigenvalue weighted by molar-refractivity contribution is 5.81. The van der Waals surface area contributed by atoms with Gasteiger partial charge in [-0.25, -0.2) is 13.6 Å². The summed E-state index contributed by atoms with van der Waals surface area (Å²) in [5, 5.41) is 8.71. The van der Waals surface area contributed by atoms with Gasteiger partial charge >= 0.3 is 5.97 Å². The molecule has 0 aromatic heterocycles. The van der Waals surface area contributed by atoms with Gasteiger partial charge in [0.2, 0.25) is 5.67 Å². The van der Waals surface area contributed by atoms with E-state index in [0.717, 1.165) is 6.07 Å². The molecule has 0 radical (unpaired) electrons. The number of halogens is 2. The van der Waals surface area contributed by atoms with Gasteiger partial charge in [-0.3, -0.25) is 0 Å². The van der Waals surface area contributed by atoms with Crippen molar-refractivity contribution in [2.45, 2.75) is 18.5 Å². The maximum atomic E-state index is 13.8. The number of hydrogen-bond donors (Lipinski definition) is 1. The van der Waals surface area contributed by atoms with Gasteiger partial charge in [0.05, 0.1) is 0 Å². The van der Waals surface area contributed by atoms with Gasteiger partial charge in [0.1, 0.15) is 5.82 Å². The number of aryl methyl sites for hydroxylation is 1. The minimum atomic E-state index is -2.41. The van der Waals surface area contributed by atoms with Gasteiger partial charge in [-0.15, -0.1) is 0 Å². The molecular weight excluding hydrogens is 190 g/mol. The van der Waals surface area contributed by atoms with Crippen LogP contribution in [0.1, 0.15) is 17.5 Å². The Kier molecular flexibility index (Phi) is 1.80. The van der Waals surface area contributed by atoms with Crippen LogP contribution in [0.15, 0.2) is 18.2 Å². The highest BCUT2D eigenvalue weighted by Crippen LogP contribution is 2.40. The Balaban J connectivity index is 2.58. The molecule has 2 rings (SSSR count). The van der Waals surface area contributed by atoms with Crippen LogP contribution in [0.5, 0.6) is 0 Å². The lowest BCUT2D eigenvalue weighted by Gasteiger charge is -2.14. The smallest absolute Gasteiger partial charge is 0.346 e. The summed E-state index contributed by atoms with van der Waals surface area (Å²) in [7, 11) is 0. The molecule has 0 saturated carbocycles. The second-order valence-electron chi connectivity index (χ2n) is 3.41. The van der Waals surface area contributed by atoms with E-state index >= 15 is 0 Å². The SMILES string of the molecule is O=C(O)C1(F)CCc2ccc(F)cc21. The monoisotopic (exact) mass is 198 g/mol. The van der Waals surface area contributed by atoms with Gasteiger partial charge in [0.25, 0.3) is 0 Å². The normalized spacial score (nSPS) is 24.7. The average Bonchev–Trinajstić information content (AvgIpc) is 2.46. The lowest BCUT2D eigenvalue weighted by Crippen LogP contribution is -2.27. The molecule has 0 saturated heterocycles. The molecule has 1 aromatic carbocycles. The number of fused-ring (bicyclic) bond motifs is 1. The van der Waals surface area contributed by atoms with Crippen LogP contribution in [0.4, 0.5) is 8.78 Å². The lowest BCUT2D eigenvalue weighted by atomic mass is 9.98. The minimum absolute atomic E-state index is 0.0370. The molecule has 1 aliphatic carbocycles. The van der Waals surface area contributed by atoms with Crippen molar-refractivity contribution in [2.75, 3.05) is 0 Å². The van der Waals surface area contributed by atoms with Crippen LogP contribution < -0.4 is 0 Å². The Morgan fingerprint density at radius 3 is 2.86 bits per heavy atom. The lowest BCUT2D eigenvalue weighted by molar-refractivity contribution is -0.151. The van der Waals surface area contributed by atoms with Crippen LogP contribution in [-0.2, 0) is 16.9 Å². The summed E-state index contributed by atoms with van der Waals surface area (Å²) in [5.41, 5.74) is -1.86. The first kappa shape index (κ1) is 9.12. The van der Waals surface area contributed by atoms with E-state index in [1.165, 1.54) is 12.1 Å². The minimum Gasteiger partial charge on any atom is -0.479 e. The van der Waals surface area contributed by atoms with Crippen LogP contribution in [0.2, 0.25) is 0 Å². The van der Waals surface area contributed by atoms with E-state index in [9.17, 15) is 13.6 Å². The van der Waals surface area contributed by atoms with Crippen LogP contribution >= 0.6 is 0 Å². The number of aliphatic carboxylic acids is 1. The van der Waals surface area contributed by atoms with Crippen molar-refractivity contribution in [3.63, 3.8) is 0 Å². The Bertz CT molecular complexity index is 403. The van der Waals surface area contributed by atoms with Crippen molar-refractivity contribution in [2.24, 2.45) is 0 Å². The fourth-order valence-corrected chi connectivity index (χ4v) is 1.80. The van der Waals surface area contributed by atoms with E-state index in [0.29, 0.717) is 12.0 Å². The predicted molar refractivity (Wildman–Crippen MR) is 45.1 cm³/mol. The molecule has 1 unspecified atom stereocenters. The van der Waals surface area contributed by atoms with Crippen LogP contribution in [0.3, 0.4) is 0 Å². The third-order valence-corrected chi connectivity index (χ3v) is 2.58. The van der Waals surface area contributed by atoms with E-state index in [2.05, 4.69) is 0 Å². The summed E-state index contributed by atoms with van der Waals surface area (Å²) in [6.45, 7) is 0. The number of benzene rings is 1. The molecule has 0 bridgehead atoms. The highest BCUT2D eigenvalue weighted by atomic mass is 19.1. The summed E-state index contributed by atoms with van der Waals surface area (Å²) >= 11 is 0. The van der Waals surface area contributed by atoms with Crippen molar-refractivity contribution in [1.29, 1.82) is 0 Å². The Morgan fingerprint density at radius 2 is 2.21 bits per heavy atom. The molecule has 0 amide bonds. The molecular formula is C10H8F2O2. The second kappa shape index (κ2) is 2.77. The standard InChI is InChI=1S/C10H8F2O2/c11-7-2-1-6-3-4-10(12,9(13)14)8(6)5-7/h1-2,5H,3-4H2,(H,13,14). The van der Waals surface area contributed by atoms with Gasteiger partial charge in [-0.1, -0.05) is 6.07 Å². The summed E-state index contributed by atoms with van der Waals surface area (Å²) < 4.78 is 26.7. The first-order valence-corrected chi connectivity index (χ1v) is 4.25. The molecule has 1 aromatic rings. The Labute approximate surface area is 79.2 Å². The number of carbonyl (C=O) groups is 1. The second-order valence-corrected chi connectivity index (χ2v) is 3.41. The van der Waals surface area contributed by atoms with E-state index in [-0.39, 0.29) is 12.0 Å². The fourth-order valence-electron chi connectivity index (χ4n) is 1.80. The predicted octanol–water partition coefficient (Wildman–Crippen LogP) is 2.02. The molecule has 1 atom stereocenters.